The Balaban J connectivity index is 0.00000111. The molecule has 0 bridgehead atoms. The molecule has 4 aliphatic heterocycles. The summed E-state index contributed by atoms with van der Waals surface area (Å²) in [6.07, 6.45) is 1.57. The standard InChI is InChI=1S/C24H30N2O4Si.I2/c1-5-23(6-2-17(1)25(9-19-13-27-19)10-20-14-28-20)31-24-7-3-18(4-8-24)26(11-21-15-29-21)12-22-16-30-22;1-2/h1-8,19-22H,9-16,31H2;. The second-order valence-electron chi connectivity index (χ2n) is 9.14. The van der Waals surface area contributed by atoms with Crippen molar-refractivity contribution < 1.29 is 18.9 Å². The molecule has 0 spiro atoms. The molecule has 2 aromatic rings. The third-order valence-electron chi connectivity index (χ3n) is 6.32. The lowest BCUT2D eigenvalue weighted by Gasteiger charge is -2.24. The Hall–Kier alpha value is -0.443. The molecule has 0 amide bonds. The van der Waals surface area contributed by atoms with Crippen LogP contribution in [0, 0.1) is 0 Å². The average Bonchev–Trinajstić information content (AvgIpc) is 3.66. The summed E-state index contributed by atoms with van der Waals surface area (Å²) in [7, 11) is -0.489. The number of halogens is 2. The molecule has 6 nitrogen and oxygen atoms in total. The summed E-state index contributed by atoms with van der Waals surface area (Å²) in [6, 6.07) is 18.3. The van der Waals surface area contributed by atoms with Gasteiger partial charge < -0.3 is 28.7 Å². The zero-order valence-electron chi connectivity index (χ0n) is 18.6. The number of hydrogen-bond acceptors (Lipinski definition) is 6. The smallest absolute Gasteiger partial charge is 0.0984 e. The second-order valence-corrected chi connectivity index (χ2v) is 11.1. The van der Waals surface area contributed by atoms with Crippen LogP contribution < -0.4 is 20.2 Å². The number of epoxide rings is 4. The number of hydrogen-bond donors (Lipinski definition) is 0. The maximum Gasteiger partial charge on any atom is 0.0984 e. The van der Waals surface area contributed by atoms with Crippen LogP contribution in [-0.2, 0) is 18.9 Å². The van der Waals surface area contributed by atoms with E-state index in [1.165, 1.54) is 21.7 Å². The van der Waals surface area contributed by atoms with Gasteiger partial charge in [0, 0.05) is 74.8 Å². The van der Waals surface area contributed by atoms with Crippen LogP contribution in [0.25, 0.3) is 0 Å². The Bertz CT molecular complexity index is 787. The lowest BCUT2D eigenvalue weighted by molar-refractivity contribution is 0.388. The fourth-order valence-corrected chi connectivity index (χ4v) is 5.55. The quantitative estimate of drug-likeness (QED) is 0.192. The molecular weight excluding hydrogens is 662 g/mol. The highest BCUT2D eigenvalue weighted by Crippen LogP contribution is 2.23. The van der Waals surface area contributed by atoms with Gasteiger partial charge in [-0.05, 0) is 24.3 Å². The molecule has 4 aliphatic rings. The summed E-state index contributed by atoms with van der Waals surface area (Å²) in [6.45, 7) is 7.42. The Labute approximate surface area is 221 Å². The molecule has 2 aromatic carbocycles. The first-order chi connectivity index (χ1) is 16.3. The first-order valence-corrected chi connectivity index (χ1v) is 19.3. The van der Waals surface area contributed by atoms with E-state index in [1.54, 1.807) is 0 Å². The third-order valence-corrected chi connectivity index (χ3v) is 8.08. The lowest BCUT2D eigenvalue weighted by atomic mass is 10.2. The van der Waals surface area contributed by atoms with Crippen LogP contribution in [0.4, 0.5) is 11.4 Å². The summed E-state index contributed by atoms with van der Waals surface area (Å²) >= 11 is 4.24. The van der Waals surface area contributed by atoms with Gasteiger partial charge in [0.2, 0.25) is 0 Å². The van der Waals surface area contributed by atoms with Crippen LogP contribution in [0.2, 0.25) is 0 Å². The van der Waals surface area contributed by atoms with E-state index in [0.29, 0.717) is 24.4 Å². The van der Waals surface area contributed by atoms with E-state index in [4.69, 9.17) is 18.9 Å². The van der Waals surface area contributed by atoms with Gasteiger partial charge in [0.05, 0.1) is 60.4 Å². The van der Waals surface area contributed by atoms with Crippen LogP contribution in [-0.4, -0.2) is 86.5 Å². The SMILES string of the molecule is II.c1cc(N(CC2CO2)CC2CO2)ccc1[SiH2]c1ccc(N(CC2CO2)CC2CO2)cc1. The van der Waals surface area contributed by atoms with Crippen LogP contribution in [0.5, 0.6) is 0 Å². The fourth-order valence-electron chi connectivity index (χ4n) is 4.13. The predicted octanol–water partition coefficient (Wildman–Crippen LogP) is 1.79. The van der Waals surface area contributed by atoms with E-state index in [1.807, 2.05) is 0 Å². The summed E-state index contributed by atoms with van der Waals surface area (Å²) in [4.78, 5) is 4.83. The van der Waals surface area contributed by atoms with Gasteiger partial charge in [0.15, 0.2) is 0 Å². The molecular formula is C24H30I2N2O4Si. The van der Waals surface area contributed by atoms with Gasteiger partial charge in [-0.25, -0.2) is 0 Å². The van der Waals surface area contributed by atoms with E-state index in [2.05, 4.69) is 95.6 Å². The summed E-state index contributed by atoms with van der Waals surface area (Å²) < 4.78 is 21.8. The molecule has 0 N–H and O–H groups in total. The van der Waals surface area contributed by atoms with Crippen molar-refractivity contribution in [3.8, 4) is 0 Å². The van der Waals surface area contributed by atoms with Crippen LogP contribution in [0.15, 0.2) is 48.5 Å². The number of ether oxygens (including phenoxy) is 4. The van der Waals surface area contributed by atoms with E-state index in [0.717, 1.165) is 52.6 Å². The van der Waals surface area contributed by atoms with E-state index in [-0.39, 0.29) is 0 Å². The van der Waals surface area contributed by atoms with Crippen molar-refractivity contribution in [2.45, 2.75) is 24.4 Å². The zero-order valence-corrected chi connectivity index (χ0v) is 24.3. The minimum absolute atomic E-state index is 0.392. The Morgan fingerprint density at radius 1 is 0.576 bits per heavy atom. The summed E-state index contributed by atoms with van der Waals surface area (Å²) in [5.41, 5.74) is 2.55. The Morgan fingerprint density at radius 2 is 0.848 bits per heavy atom. The van der Waals surface area contributed by atoms with E-state index in [9.17, 15) is 0 Å². The molecule has 6 rings (SSSR count). The van der Waals surface area contributed by atoms with Crippen LogP contribution in [0.1, 0.15) is 0 Å². The minimum Gasteiger partial charge on any atom is -0.371 e. The Morgan fingerprint density at radius 3 is 1.09 bits per heavy atom. The second kappa shape index (κ2) is 11.5. The molecule has 4 heterocycles. The largest absolute Gasteiger partial charge is 0.371 e. The number of benzene rings is 2. The van der Waals surface area contributed by atoms with Crippen molar-refractivity contribution in [1.29, 1.82) is 0 Å². The normalized spacial score (nSPS) is 26.5. The highest BCUT2D eigenvalue weighted by molar-refractivity contribution is 15.0. The van der Waals surface area contributed by atoms with Gasteiger partial charge in [-0.3, -0.25) is 0 Å². The van der Waals surface area contributed by atoms with Gasteiger partial charge in [-0.15, -0.1) is 0 Å². The molecule has 9 heteroatoms. The molecule has 4 saturated heterocycles. The Kier molecular flexibility index (Phi) is 8.47. The monoisotopic (exact) mass is 692 g/mol. The first-order valence-electron chi connectivity index (χ1n) is 11.6. The van der Waals surface area contributed by atoms with Crippen LogP contribution >= 0.6 is 37.2 Å². The molecule has 0 aromatic heterocycles. The van der Waals surface area contributed by atoms with Crippen LogP contribution in [0.3, 0.4) is 0 Å². The number of nitrogens with zero attached hydrogens (tertiary/aromatic N) is 2. The molecule has 33 heavy (non-hydrogen) atoms. The van der Waals surface area contributed by atoms with Gasteiger partial charge in [0.25, 0.3) is 0 Å². The van der Waals surface area contributed by atoms with E-state index < -0.39 is 9.52 Å². The maximum absolute atomic E-state index is 5.45. The average molecular weight is 692 g/mol. The topological polar surface area (TPSA) is 56.6 Å². The van der Waals surface area contributed by atoms with Crippen molar-refractivity contribution in [3.05, 3.63) is 48.5 Å². The zero-order chi connectivity index (χ0) is 22.6. The van der Waals surface area contributed by atoms with Gasteiger partial charge in [0.1, 0.15) is 0 Å². The first kappa shape index (κ1) is 24.3. The summed E-state index contributed by atoms with van der Waals surface area (Å²) in [5, 5.41) is 2.94. The molecule has 4 fully saturated rings. The number of anilines is 2. The van der Waals surface area contributed by atoms with Crippen molar-refractivity contribution in [2.75, 3.05) is 62.4 Å². The molecule has 0 saturated carbocycles. The predicted molar refractivity (Wildman–Crippen MR) is 152 cm³/mol. The summed E-state index contributed by atoms with van der Waals surface area (Å²) in [5.74, 6) is 0. The van der Waals surface area contributed by atoms with Crippen molar-refractivity contribution in [3.63, 3.8) is 0 Å². The fraction of sp³-hybridized carbons (Fsp3) is 0.500. The lowest BCUT2D eigenvalue weighted by Crippen LogP contribution is -2.33. The highest BCUT2D eigenvalue weighted by atomic mass is 128. The van der Waals surface area contributed by atoms with Crippen molar-refractivity contribution >= 4 is 68.5 Å². The third kappa shape index (κ3) is 7.77. The molecule has 0 aliphatic carbocycles. The van der Waals surface area contributed by atoms with Gasteiger partial charge >= 0.3 is 0 Å². The van der Waals surface area contributed by atoms with Crippen molar-refractivity contribution in [2.24, 2.45) is 0 Å². The van der Waals surface area contributed by atoms with Crippen molar-refractivity contribution in [1.82, 2.24) is 0 Å². The van der Waals surface area contributed by atoms with Gasteiger partial charge in [-0.2, -0.15) is 0 Å². The van der Waals surface area contributed by atoms with E-state index >= 15 is 0 Å². The maximum atomic E-state index is 5.45. The minimum atomic E-state index is -0.489. The van der Waals surface area contributed by atoms with Gasteiger partial charge in [-0.1, -0.05) is 34.6 Å². The number of rotatable bonds is 12. The highest BCUT2D eigenvalue weighted by Gasteiger charge is 2.32. The molecule has 178 valence electrons. The molecule has 4 unspecified atom stereocenters. The molecule has 0 radical (unpaired) electrons. The molecule has 4 atom stereocenters.